The lowest BCUT2D eigenvalue weighted by atomic mass is 10.1. The van der Waals surface area contributed by atoms with Crippen molar-refractivity contribution in [1.29, 1.82) is 0 Å². The van der Waals surface area contributed by atoms with E-state index in [4.69, 9.17) is 5.53 Å². The van der Waals surface area contributed by atoms with E-state index in [0.717, 1.165) is 24.3 Å². The van der Waals surface area contributed by atoms with Crippen molar-refractivity contribution < 1.29 is 18.0 Å². The minimum absolute atomic E-state index is 0.0281. The van der Waals surface area contributed by atoms with Gasteiger partial charge in [0, 0.05) is 5.56 Å². The highest BCUT2D eigenvalue weighted by Gasteiger charge is 2.30. The van der Waals surface area contributed by atoms with Crippen molar-refractivity contribution in [2.75, 3.05) is 0 Å². The number of rotatable bonds is 3. The normalized spacial score (nSPS) is 11.7. The first-order chi connectivity index (χ1) is 7.45. The fourth-order valence-corrected chi connectivity index (χ4v) is 0.976. The van der Waals surface area contributed by atoms with E-state index in [1.165, 1.54) is 0 Å². The van der Waals surface area contributed by atoms with E-state index < -0.39 is 17.5 Å². The second kappa shape index (κ2) is 4.65. The molecule has 0 atom stereocenters. The predicted molar refractivity (Wildman–Crippen MR) is 50.1 cm³/mol. The molecule has 0 saturated carbocycles. The fraction of sp³-hybridized carbons (Fsp3) is 0.111. The number of Topliss-reactive ketones (excluding diaryl/α,β-unsaturated/α-hetero) is 1. The number of alkyl halides is 3. The zero-order valence-electron chi connectivity index (χ0n) is 7.77. The molecular weight excluding hydrogens is 223 g/mol. The standard InChI is InChI=1S/C9H5F3N3O/c10-9(11,12)7-3-1-6(2-4-7)8(16)5-14-15-13/h1-5H/q-1. The smallest absolute Gasteiger partial charge is 0.362 e. The summed E-state index contributed by atoms with van der Waals surface area (Å²) in [4.78, 5) is 11.2. The van der Waals surface area contributed by atoms with Gasteiger partial charge in [-0.3, -0.25) is 10.0 Å². The molecule has 0 heterocycles. The molecule has 0 aliphatic carbocycles. The lowest BCUT2D eigenvalue weighted by molar-refractivity contribution is -0.137. The molecule has 0 aromatic heterocycles. The van der Waals surface area contributed by atoms with E-state index in [-0.39, 0.29) is 5.56 Å². The van der Waals surface area contributed by atoms with E-state index in [1.807, 2.05) is 0 Å². The molecule has 84 valence electrons. The van der Waals surface area contributed by atoms with Gasteiger partial charge >= 0.3 is 6.18 Å². The number of hydrogen-bond acceptors (Lipinski definition) is 2. The summed E-state index contributed by atoms with van der Waals surface area (Å²) in [6, 6.07) is 3.62. The number of benzene rings is 1. The maximum atomic E-state index is 12.2. The Kier molecular flexibility index (Phi) is 3.49. The number of halogens is 3. The number of nitrogens with zero attached hydrogens (tertiary/aromatic N) is 3. The number of hydrogen-bond donors (Lipinski definition) is 0. The van der Waals surface area contributed by atoms with E-state index >= 15 is 0 Å². The van der Waals surface area contributed by atoms with Gasteiger partial charge in [-0.2, -0.15) is 13.2 Å². The zero-order valence-corrected chi connectivity index (χ0v) is 7.77. The third kappa shape index (κ3) is 2.97. The van der Waals surface area contributed by atoms with Gasteiger partial charge in [-0.25, -0.2) is 0 Å². The molecule has 0 fully saturated rings. The van der Waals surface area contributed by atoms with Gasteiger partial charge in [-0.05, 0) is 18.3 Å². The van der Waals surface area contributed by atoms with E-state index in [9.17, 15) is 18.0 Å². The molecule has 0 saturated heterocycles. The van der Waals surface area contributed by atoms with Crippen molar-refractivity contribution in [2.45, 2.75) is 6.18 Å². The topological polar surface area (TPSA) is 64.1 Å². The SMILES string of the molecule is [N-]=NN=CC(=O)c1ccc(C(F)(F)F)cc1. The largest absolute Gasteiger partial charge is 0.416 e. The second-order valence-corrected chi connectivity index (χ2v) is 2.77. The highest BCUT2D eigenvalue weighted by molar-refractivity contribution is 6.35. The third-order valence-corrected chi connectivity index (χ3v) is 1.72. The summed E-state index contributed by atoms with van der Waals surface area (Å²) in [7, 11) is 0. The fourth-order valence-electron chi connectivity index (χ4n) is 0.976. The van der Waals surface area contributed by atoms with Crippen LogP contribution in [0.3, 0.4) is 0 Å². The van der Waals surface area contributed by atoms with Crippen LogP contribution in [-0.4, -0.2) is 12.0 Å². The van der Waals surface area contributed by atoms with Gasteiger partial charge in [0.15, 0.2) is 5.78 Å². The van der Waals surface area contributed by atoms with Crippen LogP contribution in [0.15, 0.2) is 34.6 Å². The van der Waals surface area contributed by atoms with Crippen LogP contribution >= 0.6 is 0 Å². The molecule has 0 aliphatic rings. The van der Waals surface area contributed by atoms with E-state index in [2.05, 4.69) is 10.3 Å². The molecule has 0 N–H and O–H groups in total. The average molecular weight is 228 g/mol. The van der Waals surface area contributed by atoms with Gasteiger partial charge in [0.1, 0.15) is 0 Å². The summed E-state index contributed by atoms with van der Waals surface area (Å²) in [5.74, 6) is -0.647. The Morgan fingerprint density at radius 1 is 1.25 bits per heavy atom. The van der Waals surface area contributed by atoms with Crippen LogP contribution in [0.25, 0.3) is 5.53 Å². The average Bonchev–Trinajstić information content (AvgIpc) is 2.25. The monoisotopic (exact) mass is 228 g/mol. The maximum Gasteiger partial charge on any atom is 0.416 e. The first-order valence-corrected chi connectivity index (χ1v) is 4.04. The first-order valence-electron chi connectivity index (χ1n) is 4.04. The maximum absolute atomic E-state index is 12.2. The van der Waals surface area contributed by atoms with Gasteiger partial charge in [-0.15, -0.1) is 0 Å². The molecule has 1 aromatic rings. The Hall–Kier alpha value is -2.05. The Bertz CT molecular complexity index is 423. The Morgan fingerprint density at radius 2 is 1.81 bits per heavy atom. The van der Waals surface area contributed by atoms with Crippen LogP contribution in [-0.2, 0) is 6.18 Å². The Labute approximate surface area is 88.3 Å². The van der Waals surface area contributed by atoms with E-state index in [1.54, 1.807) is 0 Å². The number of ketones is 1. The minimum atomic E-state index is -4.43. The second-order valence-electron chi connectivity index (χ2n) is 2.77. The quantitative estimate of drug-likeness (QED) is 0.339. The summed E-state index contributed by atoms with van der Waals surface area (Å²) in [6.07, 6.45) is -3.74. The van der Waals surface area contributed by atoms with Crippen molar-refractivity contribution in [1.82, 2.24) is 0 Å². The minimum Gasteiger partial charge on any atom is -0.362 e. The molecular formula is C9H5F3N3O-. The predicted octanol–water partition coefficient (Wildman–Crippen LogP) is 2.90. The van der Waals surface area contributed by atoms with E-state index in [0.29, 0.717) is 6.21 Å². The molecule has 16 heavy (non-hydrogen) atoms. The van der Waals surface area contributed by atoms with Crippen molar-refractivity contribution >= 4 is 12.0 Å². The lowest BCUT2D eigenvalue weighted by Gasteiger charge is -2.06. The molecule has 4 nitrogen and oxygen atoms in total. The van der Waals surface area contributed by atoms with Crippen molar-refractivity contribution in [3.05, 3.63) is 40.9 Å². The van der Waals surface area contributed by atoms with Crippen molar-refractivity contribution in [3.63, 3.8) is 0 Å². The summed E-state index contributed by atoms with van der Waals surface area (Å²) in [5.41, 5.74) is 7.13. The number of carbonyl (C=O) groups is 1. The van der Waals surface area contributed by atoms with Crippen LogP contribution in [0, 0.1) is 0 Å². The Morgan fingerprint density at radius 3 is 2.25 bits per heavy atom. The number of carbonyl (C=O) groups excluding carboxylic acids is 1. The van der Waals surface area contributed by atoms with Crippen LogP contribution in [0.5, 0.6) is 0 Å². The summed E-state index contributed by atoms with van der Waals surface area (Å²) >= 11 is 0. The molecule has 1 aromatic carbocycles. The van der Waals surface area contributed by atoms with Crippen LogP contribution < -0.4 is 0 Å². The first kappa shape index (κ1) is 12.0. The van der Waals surface area contributed by atoms with Gasteiger partial charge in [-0.1, -0.05) is 12.1 Å². The summed E-state index contributed by atoms with van der Waals surface area (Å²) < 4.78 is 36.5. The zero-order chi connectivity index (χ0) is 12.2. The van der Waals surface area contributed by atoms with Gasteiger partial charge < -0.3 is 10.6 Å². The van der Waals surface area contributed by atoms with Crippen molar-refractivity contribution in [2.24, 2.45) is 10.3 Å². The third-order valence-electron chi connectivity index (χ3n) is 1.72. The van der Waals surface area contributed by atoms with Crippen molar-refractivity contribution in [3.8, 4) is 0 Å². The van der Waals surface area contributed by atoms with Crippen LogP contribution in [0.2, 0.25) is 0 Å². The Balaban J connectivity index is 2.91. The molecule has 0 bridgehead atoms. The summed E-state index contributed by atoms with van der Waals surface area (Å²) in [5, 5.41) is 5.23. The lowest BCUT2D eigenvalue weighted by Crippen LogP contribution is -2.06. The van der Waals surface area contributed by atoms with Gasteiger partial charge in [0.2, 0.25) is 0 Å². The van der Waals surface area contributed by atoms with Crippen LogP contribution in [0.1, 0.15) is 15.9 Å². The molecule has 0 unspecified atom stereocenters. The highest BCUT2D eigenvalue weighted by atomic mass is 19.4. The molecule has 0 spiro atoms. The molecule has 0 amide bonds. The molecule has 0 radical (unpaired) electrons. The molecule has 1 rings (SSSR count). The van der Waals surface area contributed by atoms with Crippen LogP contribution in [0.4, 0.5) is 13.2 Å². The van der Waals surface area contributed by atoms with Gasteiger partial charge in [0.05, 0.1) is 5.56 Å². The highest BCUT2D eigenvalue weighted by Crippen LogP contribution is 2.28. The molecule has 7 heteroatoms. The summed E-state index contributed by atoms with van der Waals surface area (Å²) in [6.45, 7) is 0. The molecule has 0 aliphatic heterocycles. The van der Waals surface area contributed by atoms with Gasteiger partial charge in [0.25, 0.3) is 0 Å².